The van der Waals surface area contributed by atoms with Crippen LogP contribution < -0.4 is 0 Å². The SMILES string of the molecule is C/C(=C(/C)C(C)(C)C)c1cc(C)ccc1C. The molecule has 16 heavy (non-hydrogen) atoms. The maximum absolute atomic E-state index is 2.29. The van der Waals surface area contributed by atoms with Gasteiger partial charge in [0.2, 0.25) is 0 Å². The fraction of sp³-hybridized carbons (Fsp3) is 0.500. The van der Waals surface area contributed by atoms with Gasteiger partial charge in [-0.2, -0.15) is 0 Å². The van der Waals surface area contributed by atoms with Crippen LogP contribution in [0.2, 0.25) is 0 Å². The van der Waals surface area contributed by atoms with Crippen LogP contribution in [-0.2, 0) is 0 Å². The lowest BCUT2D eigenvalue weighted by Gasteiger charge is -2.23. The van der Waals surface area contributed by atoms with Crippen molar-refractivity contribution in [3.8, 4) is 0 Å². The molecule has 0 amide bonds. The van der Waals surface area contributed by atoms with Gasteiger partial charge in [0.1, 0.15) is 0 Å². The van der Waals surface area contributed by atoms with Gasteiger partial charge >= 0.3 is 0 Å². The number of allylic oxidation sites excluding steroid dienone is 2. The van der Waals surface area contributed by atoms with Crippen LogP contribution in [0.4, 0.5) is 0 Å². The van der Waals surface area contributed by atoms with Crippen molar-refractivity contribution in [1.82, 2.24) is 0 Å². The monoisotopic (exact) mass is 216 g/mol. The van der Waals surface area contributed by atoms with Crippen molar-refractivity contribution in [3.63, 3.8) is 0 Å². The van der Waals surface area contributed by atoms with E-state index in [2.05, 4.69) is 66.7 Å². The van der Waals surface area contributed by atoms with Crippen LogP contribution in [0.5, 0.6) is 0 Å². The van der Waals surface area contributed by atoms with E-state index in [-0.39, 0.29) is 5.41 Å². The molecule has 0 aliphatic heterocycles. The normalized spacial score (nSPS) is 13.7. The van der Waals surface area contributed by atoms with Gasteiger partial charge in [-0.15, -0.1) is 0 Å². The van der Waals surface area contributed by atoms with Crippen LogP contribution in [0.25, 0.3) is 5.57 Å². The molecule has 1 rings (SSSR count). The Morgan fingerprint density at radius 1 is 1.00 bits per heavy atom. The Morgan fingerprint density at radius 2 is 1.56 bits per heavy atom. The summed E-state index contributed by atoms with van der Waals surface area (Å²) in [7, 11) is 0. The molecule has 0 aromatic heterocycles. The van der Waals surface area contributed by atoms with Crippen LogP contribution in [0.3, 0.4) is 0 Å². The Kier molecular flexibility index (Phi) is 3.62. The van der Waals surface area contributed by atoms with Crippen molar-refractivity contribution in [1.29, 1.82) is 0 Å². The van der Waals surface area contributed by atoms with E-state index < -0.39 is 0 Å². The summed E-state index contributed by atoms with van der Waals surface area (Å²) in [5.74, 6) is 0. The van der Waals surface area contributed by atoms with E-state index in [1.165, 1.54) is 27.8 Å². The number of rotatable bonds is 1. The highest BCUT2D eigenvalue weighted by Gasteiger charge is 2.16. The quantitative estimate of drug-likeness (QED) is 0.609. The zero-order chi connectivity index (χ0) is 12.5. The highest BCUT2D eigenvalue weighted by Crippen LogP contribution is 2.33. The second-order valence-corrected chi connectivity index (χ2v) is 5.82. The zero-order valence-corrected chi connectivity index (χ0v) is 11.7. The molecule has 0 aliphatic carbocycles. The molecule has 0 saturated heterocycles. The third-order valence-corrected chi connectivity index (χ3v) is 3.48. The molecule has 0 saturated carbocycles. The molecule has 0 heteroatoms. The zero-order valence-electron chi connectivity index (χ0n) is 11.7. The van der Waals surface area contributed by atoms with E-state index in [0.717, 1.165) is 0 Å². The summed E-state index contributed by atoms with van der Waals surface area (Å²) in [6.07, 6.45) is 0. The number of aryl methyl sites for hydroxylation is 2. The second-order valence-electron chi connectivity index (χ2n) is 5.82. The summed E-state index contributed by atoms with van der Waals surface area (Å²) in [4.78, 5) is 0. The molecule has 0 spiro atoms. The summed E-state index contributed by atoms with van der Waals surface area (Å²) >= 11 is 0. The lowest BCUT2D eigenvalue weighted by molar-refractivity contribution is 0.505. The van der Waals surface area contributed by atoms with Crippen LogP contribution in [0.1, 0.15) is 51.3 Å². The van der Waals surface area contributed by atoms with E-state index in [9.17, 15) is 0 Å². The third-order valence-electron chi connectivity index (χ3n) is 3.48. The molecule has 1 aromatic carbocycles. The minimum Gasteiger partial charge on any atom is -0.0644 e. The maximum atomic E-state index is 2.29. The number of hydrogen-bond donors (Lipinski definition) is 0. The molecule has 1 aromatic rings. The van der Waals surface area contributed by atoms with Crippen molar-refractivity contribution >= 4 is 5.57 Å². The van der Waals surface area contributed by atoms with Gasteiger partial charge in [0.25, 0.3) is 0 Å². The Hall–Kier alpha value is -1.04. The molecule has 0 N–H and O–H groups in total. The number of benzene rings is 1. The molecule has 0 unspecified atom stereocenters. The van der Waals surface area contributed by atoms with Gasteiger partial charge in [-0.3, -0.25) is 0 Å². The largest absolute Gasteiger partial charge is 0.0644 e. The van der Waals surface area contributed by atoms with Crippen LogP contribution in [-0.4, -0.2) is 0 Å². The minimum atomic E-state index is 0.250. The van der Waals surface area contributed by atoms with E-state index in [4.69, 9.17) is 0 Å². The van der Waals surface area contributed by atoms with Gasteiger partial charge in [0.15, 0.2) is 0 Å². The smallest absolute Gasteiger partial charge is 0.0170 e. The second kappa shape index (κ2) is 4.45. The molecule has 0 nitrogen and oxygen atoms in total. The predicted molar refractivity (Wildman–Crippen MR) is 73.6 cm³/mol. The fourth-order valence-electron chi connectivity index (χ4n) is 1.90. The van der Waals surface area contributed by atoms with Crippen molar-refractivity contribution in [2.24, 2.45) is 5.41 Å². The van der Waals surface area contributed by atoms with Crippen molar-refractivity contribution in [2.75, 3.05) is 0 Å². The summed E-state index contributed by atoms with van der Waals surface area (Å²) in [6, 6.07) is 6.68. The van der Waals surface area contributed by atoms with Gasteiger partial charge in [-0.25, -0.2) is 0 Å². The van der Waals surface area contributed by atoms with E-state index in [1.807, 2.05) is 0 Å². The predicted octanol–water partition coefficient (Wildman–Crippen LogP) is 5.14. The van der Waals surface area contributed by atoms with E-state index >= 15 is 0 Å². The van der Waals surface area contributed by atoms with Crippen molar-refractivity contribution in [2.45, 2.75) is 48.5 Å². The summed E-state index contributed by atoms with van der Waals surface area (Å²) in [6.45, 7) is 15.7. The lowest BCUT2D eigenvalue weighted by Crippen LogP contribution is -2.08. The van der Waals surface area contributed by atoms with Crippen LogP contribution >= 0.6 is 0 Å². The first-order chi connectivity index (χ1) is 7.23. The Labute approximate surface area is 100 Å². The molecule has 88 valence electrons. The van der Waals surface area contributed by atoms with Crippen molar-refractivity contribution < 1.29 is 0 Å². The first-order valence-electron chi connectivity index (χ1n) is 5.99. The first-order valence-corrected chi connectivity index (χ1v) is 5.99. The van der Waals surface area contributed by atoms with Gasteiger partial charge in [0, 0.05) is 0 Å². The molecular weight excluding hydrogens is 192 g/mol. The topological polar surface area (TPSA) is 0 Å². The standard InChI is InChI=1S/C16H24/c1-11-8-9-12(2)15(10-11)13(3)14(4)16(5,6)7/h8-10H,1-7H3/b14-13+. The lowest BCUT2D eigenvalue weighted by atomic mass is 9.82. The molecule has 0 heterocycles. The van der Waals surface area contributed by atoms with E-state index in [0.29, 0.717) is 0 Å². The van der Waals surface area contributed by atoms with Gasteiger partial charge in [0.05, 0.1) is 0 Å². The van der Waals surface area contributed by atoms with Gasteiger partial charge in [-0.05, 0) is 49.8 Å². The van der Waals surface area contributed by atoms with Gasteiger partial charge in [-0.1, -0.05) is 50.1 Å². The average Bonchev–Trinajstić information content (AvgIpc) is 2.18. The molecular formula is C16H24. The highest BCUT2D eigenvalue weighted by molar-refractivity contribution is 5.70. The van der Waals surface area contributed by atoms with Crippen molar-refractivity contribution in [3.05, 3.63) is 40.5 Å². The Morgan fingerprint density at radius 3 is 2.06 bits per heavy atom. The molecule has 0 radical (unpaired) electrons. The molecule has 0 aliphatic rings. The summed E-state index contributed by atoms with van der Waals surface area (Å²) in [5.41, 5.74) is 7.25. The third kappa shape index (κ3) is 2.75. The summed E-state index contributed by atoms with van der Waals surface area (Å²) in [5, 5.41) is 0. The Bertz CT molecular complexity index is 414. The average molecular weight is 216 g/mol. The highest BCUT2D eigenvalue weighted by atomic mass is 14.2. The summed E-state index contributed by atoms with van der Waals surface area (Å²) < 4.78 is 0. The van der Waals surface area contributed by atoms with Crippen LogP contribution in [0.15, 0.2) is 23.8 Å². The van der Waals surface area contributed by atoms with E-state index in [1.54, 1.807) is 0 Å². The van der Waals surface area contributed by atoms with Crippen LogP contribution in [0, 0.1) is 19.3 Å². The Balaban J connectivity index is 3.34. The maximum Gasteiger partial charge on any atom is -0.0170 e. The molecule has 0 bridgehead atoms. The number of hydrogen-bond acceptors (Lipinski definition) is 0. The first kappa shape index (κ1) is 13.0. The van der Waals surface area contributed by atoms with Gasteiger partial charge < -0.3 is 0 Å². The molecule has 0 atom stereocenters. The fourth-order valence-corrected chi connectivity index (χ4v) is 1.90. The minimum absolute atomic E-state index is 0.250. The molecule has 0 fully saturated rings.